The number of hydrogen-bond acceptors (Lipinski definition) is 1. The van der Waals surface area contributed by atoms with Crippen molar-refractivity contribution in [1.29, 1.82) is 0 Å². The van der Waals surface area contributed by atoms with Crippen LogP contribution in [0.4, 0.5) is 5.69 Å². The molecule has 3 heteroatoms. The van der Waals surface area contributed by atoms with Crippen LogP contribution in [0.15, 0.2) is 42.5 Å². The zero-order chi connectivity index (χ0) is 16.1. The van der Waals surface area contributed by atoms with Crippen molar-refractivity contribution in [3.8, 4) is 0 Å². The van der Waals surface area contributed by atoms with Crippen LogP contribution in [0, 0.1) is 19.8 Å². The summed E-state index contributed by atoms with van der Waals surface area (Å²) in [6, 6.07) is 10.4. The number of benzene rings is 2. The largest absolute Gasteiger partial charge is 0.377 e. The first-order valence-corrected chi connectivity index (χ1v) is 8.80. The molecule has 2 aromatic carbocycles. The summed E-state index contributed by atoms with van der Waals surface area (Å²) < 4.78 is 0. The van der Waals surface area contributed by atoms with Crippen LogP contribution in [0.25, 0.3) is 0 Å². The molecule has 3 unspecified atom stereocenters. The van der Waals surface area contributed by atoms with E-state index in [1.807, 2.05) is 18.2 Å². The number of nitrogens with one attached hydrogen (secondary N) is 1. The number of allylic oxidation sites excluding steroid dienone is 2. The van der Waals surface area contributed by atoms with Crippen molar-refractivity contribution in [3.63, 3.8) is 0 Å². The zero-order valence-electron chi connectivity index (χ0n) is 13.2. The van der Waals surface area contributed by atoms with Gasteiger partial charge in [-0.3, -0.25) is 0 Å². The van der Waals surface area contributed by atoms with Gasteiger partial charge < -0.3 is 5.32 Å². The molecule has 0 spiro atoms. The zero-order valence-corrected chi connectivity index (χ0v) is 14.7. The summed E-state index contributed by atoms with van der Waals surface area (Å²) in [5.74, 6) is 0.893. The summed E-state index contributed by atoms with van der Waals surface area (Å²) in [6.45, 7) is 4.34. The van der Waals surface area contributed by atoms with Crippen LogP contribution >= 0.6 is 23.2 Å². The number of aryl methyl sites for hydroxylation is 1. The average Bonchev–Trinajstić information content (AvgIpc) is 3.01. The standard InChI is InChI=1S/C20H19Cl2N/c1-11-9-10-15-13-5-3-6-14(13)20(23-19(15)12(11)2)18-16(21)7-4-8-17(18)22/h3-5,7-10,13-14,20,23H,6H2,1-2H3. The highest BCUT2D eigenvalue weighted by Crippen LogP contribution is 2.52. The Bertz CT molecular complexity index is 789. The molecule has 3 atom stereocenters. The average molecular weight is 344 g/mol. The van der Waals surface area contributed by atoms with Crippen LogP contribution in [0.5, 0.6) is 0 Å². The molecule has 0 aromatic heterocycles. The molecule has 118 valence electrons. The number of rotatable bonds is 1. The first kappa shape index (κ1) is 15.1. The first-order chi connectivity index (χ1) is 11.1. The molecule has 0 fully saturated rings. The molecule has 0 radical (unpaired) electrons. The van der Waals surface area contributed by atoms with E-state index in [9.17, 15) is 0 Å². The molecule has 0 bridgehead atoms. The minimum atomic E-state index is 0.143. The van der Waals surface area contributed by atoms with Gasteiger partial charge in [0.1, 0.15) is 0 Å². The first-order valence-electron chi connectivity index (χ1n) is 8.05. The van der Waals surface area contributed by atoms with Crippen LogP contribution in [-0.2, 0) is 0 Å². The molecule has 1 aliphatic carbocycles. The highest BCUT2D eigenvalue weighted by Gasteiger charge is 2.39. The lowest BCUT2D eigenvalue weighted by molar-refractivity contribution is 0.425. The van der Waals surface area contributed by atoms with Gasteiger partial charge in [0.15, 0.2) is 0 Å². The topological polar surface area (TPSA) is 12.0 Å². The number of hydrogen-bond donors (Lipinski definition) is 1. The molecule has 0 saturated heterocycles. The van der Waals surface area contributed by atoms with E-state index in [1.165, 1.54) is 22.4 Å². The lowest BCUT2D eigenvalue weighted by Gasteiger charge is -2.39. The fourth-order valence-electron chi connectivity index (χ4n) is 4.01. The van der Waals surface area contributed by atoms with Gasteiger partial charge in [-0.2, -0.15) is 0 Å². The van der Waals surface area contributed by atoms with Crippen molar-refractivity contribution in [1.82, 2.24) is 0 Å². The van der Waals surface area contributed by atoms with E-state index in [1.54, 1.807) is 0 Å². The van der Waals surface area contributed by atoms with E-state index in [0.717, 1.165) is 22.0 Å². The Kier molecular flexibility index (Phi) is 3.66. The lowest BCUT2D eigenvalue weighted by atomic mass is 9.76. The van der Waals surface area contributed by atoms with Crippen LogP contribution < -0.4 is 5.32 Å². The minimum absolute atomic E-state index is 0.143. The Labute approximate surface area is 147 Å². The molecule has 0 saturated carbocycles. The second kappa shape index (κ2) is 5.58. The van der Waals surface area contributed by atoms with Crippen molar-refractivity contribution in [2.45, 2.75) is 32.2 Å². The SMILES string of the molecule is Cc1ccc2c(c1C)NC(c1c(Cl)cccc1Cl)C1CC=CC21. The number of halogens is 2. The maximum absolute atomic E-state index is 6.51. The van der Waals surface area contributed by atoms with Gasteiger partial charge in [0.25, 0.3) is 0 Å². The van der Waals surface area contributed by atoms with Crippen molar-refractivity contribution in [2.75, 3.05) is 5.32 Å². The molecule has 23 heavy (non-hydrogen) atoms. The van der Waals surface area contributed by atoms with Gasteiger partial charge in [-0.1, -0.05) is 53.6 Å². The fourth-order valence-corrected chi connectivity index (χ4v) is 4.64. The molecule has 2 aliphatic rings. The fraction of sp³-hybridized carbons (Fsp3) is 0.300. The molecule has 1 aliphatic heterocycles. The Morgan fingerprint density at radius 2 is 1.78 bits per heavy atom. The van der Waals surface area contributed by atoms with E-state index in [4.69, 9.17) is 23.2 Å². The summed E-state index contributed by atoms with van der Waals surface area (Å²) in [4.78, 5) is 0. The third-order valence-electron chi connectivity index (χ3n) is 5.38. The summed E-state index contributed by atoms with van der Waals surface area (Å²) in [5.41, 5.74) is 6.29. The smallest absolute Gasteiger partial charge is 0.0583 e. The van der Waals surface area contributed by atoms with E-state index >= 15 is 0 Å². The molecular formula is C20H19Cl2N. The lowest BCUT2D eigenvalue weighted by Crippen LogP contribution is -2.30. The Balaban J connectivity index is 1.89. The third kappa shape index (κ3) is 2.29. The molecule has 1 N–H and O–H groups in total. The minimum Gasteiger partial charge on any atom is -0.377 e. The molecule has 2 aromatic rings. The normalized spacial score (nSPS) is 25.0. The summed E-state index contributed by atoms with van der Waals surface area (Å²) in [6.07, 6.45) is 5.69. The second-order valence-electron chi connectivity index (χ2n) is 6.58. The van der Waals surface area contributed by atoms with Crippen molar-refractivity contribution in [2.24, 2.45) is 5.92 Å². The van der Waals surface area contributed by atoms with Gasteiger partial charge in [-0.15, -0.1) is 0 Å². The maximum Gasteiger partial charge on any atom is 0.0583 e. The molecule has 0 amide bonds. The predicted molar refractivity (Wildman–Crippen MR) is 98.7 cm³/mol. The maximum atomic E-state index is 6.51. The van der Waals surface area contributed by atoms with E-state index in [2.05, 4.69) is 43.4 Å². The molecule has 4 rings (SSSR count). The van der Waals surface area contributed by atoms with Crippen LogP contribution in [0.3, 0.4) is 0 Å². The van der Waals surface area contributed by atoms with Crippen LogP contribution in [0.2, 0.25) is 10.0 Å². The highest BCUT2D eigenvalue weighted by atomic mass is 35.5. The van der Waals surface area contributed by atoms with Crippen LogP contribution in [0.1, 0.15) is 40.6 Å². The summed E-state index contributed by atoms with van der Waals surface area (Å²) in [5, 5.41) is 5.26. The Morgan fingerprint density at radius 1 is 1.04 bits per heavy atom. The molecular weight excluding hydrogens is 325 g/mol. The van der Waals surface area contributed by atoms with Crippen molar-refractivity contribution in [3.05, 3.63) is 74.8 Å². The van der Waals surface area contributed by atoms with Gasteiger partial charge in [0.2, 0.25) is 0 Å². The predicted octanol–water partition coefficient (Wildman–Crippen LogP) is 6.44. The second-order valence-corrected chi connectivity index (χ2v) is 7.40. The van der Waals surface area contributed by atoms with Gasteiger partial charge in [-0.25, -0.2) is 0 Å². The van der Waals surface area contributed by atoms with Crippen molar-refractivity contribution < 1.29 is 0 Å². The quantitative estimate of drug-likeness (QED) is 0.587. The van der Waals surface area contributed by atoms with Gasteiger partial charge in [-0.05, 0) is 55.0 Å². The number of fused-ring (bicyclic) bond motifs is 3. The monoisotopic (exact) mass is 343 g/mol. The summed E-state index contributed by atoms with van der Waals surface area (Å²) in [7, 11) is 0. The van der Waals surface area contributed by atoms with E-state index in [0.29, 0.717) is 11.8 Å². The van der Waals surface area contributed by atoms with E-state index < -0.39 is 0 Å². The molecule has 1 nitrogen and oxygen atoms in total. The summed E-state index contributed by atoms with van der Waals surface area (Å²) >= 11 is 13.0. The van der Waals surface area contributed by atoms with Gasteiger partial charge >= 0.3 is 0 Å². The van der Waals surface area contributed by atoms with E-state index in [-0.39, 0.29) is 6.04 Å². The van der Waals surface area contributed by atoms with Crippen LogP contribution in [-0.4, -0.2) is 0 Å². The third-order valence-corrected chi connectivity index (χ3v) is 6.04. The Morgan fingerprint density at radius 3 is 2.52 bits per heavy atom. The number of anilines is 1. The van der Waals surface area contributed by atoms with Gasteiger partial charge in [0.05, 0.1) is 6.04 Å². The molecule has 1 heterocycles. The van der Waals surface area contributed by atoms with Gasteiger partial charge in [0, 0.05) is 27.2 Å². The highest BCUT2D eigenvalue weighted by molar-refractivity contribution is 6.36. The Hall–Kier alpha value is -1.44. The van der Waals surface area contributed by atoms with Crippen molar-refractivity contribution >= 4 is 28.9 Å².